The zero-order valence-corrected chi connectivity index (χ0v) is 18.7. The highest BCUT2D eigenvalue weighted by atomic mass is 127. The number of likely N-dealkylation sites (tertiary alicyclic amines) is 1. The van der Waals surface area contributed by atoms with Crippen LogP contribution >= 0.6 is 22.6 Å². The van der Waals surface area contributed by atoms with Crippen LogP contribution < -0.4 is 4.74 Å². The predicted octanol–water partition coefficient (Wildman–Crippen LogP) is 3.28. The Hall–Kier alpha value is -2.39. The Bertz CT molecular complexity index is 954. The molecule has 29 heavy (non-hydrogen) atoms. The number of carbonyl (C=O) groups excluding carboxylic acids is 2. The highest BCUT2D eigenvalue weighted by Gasteiger charge is 2.45. The number of ketones is 1. The molecule has 0 bridgehead atoms. The number of benzene rings is 2. The van der Waals surface area contributed by atoms with E-state index in [1.807, 2.05) is 43.3 Å². The summed E-state index contributed by atoms with van der Waals surface area (Å²) in [6.45, 7) is 0.982. The van der Waals surface area contributed by atoms with Gasteiger partial charge in [0.05, 0.1) is 18.7 Å². The van der Waals surface area contributed by atoms with Crippen LogP contribution in [0, 0.1) is 3.57 Å². The van der Waals surface area contributed by atoms with Gasteiger partial charge in [0.25, 0.3) is 11.7 Å². The first kappa shape index (κ1) is 21.3. The van der Waals surface area contributed by atoms with Crippen LogP contribution in [0.1, 0.15) is 17.2 Å². The Morgan fingerprint density at radius 3 is 2.48 bits per heavy atom. The van der Waals surface area contributed by atoms with E-state index in [-0.39, 0.29) is 11.3 Å². The molecule has 0 radical (unpaired) electrons. The topological polar surface area (TPSA) is 70.1 Å². The first-order valence-electron chi connectivity index (χ1n) is 9.16. The molecule has 1 amide bonds. The number of methoxy groups -OCH3 is 1. The van der Waals surface area contributed by atoms with Crippen LogP contribution in [0.5, 0.6) is 5.75 Å². The van der Waals surface area contributed by atoms with E-state index in [2.05, 4.69) is 22.6 Å². The second-order valence-corrected chi connectivity index (χ2v) is 8.32. The third kappa shape index (κ3) is 4.45. The maximum Gasteiger partial charge on any atom is 0.295 e. The molecular formula is C22H23IN2O4. The van der Waals surface area contributed by atoms with E-state index in [1.54, 1.807) is 24.3 Å². The van der Waals surface area contributed by atoms with Crippen LogP contribution in [-0.4, -0.2) is 60.9 Å². The van der Waals surface area contributed by atoms with E-state index in [1.165, 1.54) is 12.0 Å². The van der Waals surface area contributed by atoms with Crippen LogP contribution in [0.15, 0.2) is 54.1 Å². The van der Waals surface area contributed by atoms with Crippen LogP contribution in [0.3, 0.4) is 0 Å². The van der Waals surface area contributed by atoms with Gasteiger partial charge in [0.15, 0.2) is 0 Å². The summed E-state index contributed by atoms with van der Waals surface area (Å²) in [5.74, 6) is -0.910. The van der Waals surface area contributed by atoms with E-state index in [9.17, 15) is 14.7 Å². The van der Waals surface area contributed by atoms with Crippen molar-refractivity contribution < 1.29 is 19.4 Å². The lowest BCUT2D eigenvalue weighted by molar-refractivity contribution is -0.140. The molecule has 152 valence electrons. The summed E-state index contributed by atoms with van der Waals surface area (Å²) in [5, 5.41) is 11.0. The van der Waals surface area contributed by atoms with Gasteiger partial charge >= 0.3 is 0 Å². The number of aliphatic hydroxyl groups is 1. The van der Waals surface area contributed by atoms with Crippen LogP contribution in [0.4, 0.5) is 0 Å². The molecule has 1 aliphatic heterocycles. The highest BCUT2D eigenvalue weighted by Crippen LogP contribution is 2.39. The molecule has 0 aromatic heterocycles. The van der Waals surface area contributed by atoms with Crippen molar-refractivity contribution in [3.63, 3.8) is 0 Å². The van der Waals surface area contributed by atoms with Gasteiger partial charge in [-0.2, -0.15) is 0 Å². The molecule has 7 heteroatoms. The monoisotopic (exact) mass is 506 g/mol. The lowest BCUT2D eigenvalue weighted by Crippen LogP contribution is -2.35. The molecule has 1 saturated heterocycles. The van der Waals surface area contributed by atoms with Crippen molar-refractivity contribution in [2.45, 2.75) is 6.04 Å². The number of likely N-dealkylation sites (N-methyl/N-ethyl adjacent to an activating group) is 1. The molecule has 0 saturated carbocycles. The quantitative estimate of drug-likeness (QED) is 0.282. The Morgan fingerprint density at radius 2 is 1.86 bits per heavy atom. The van der Waals surface area contributed by atoms with Crippen LogP contribution in [0.25, 0.3) is 5.76 Å². The minimum absolute atomic E-state index is 0.100. The van der Waals surface area contributed by atoms with Gasteiger partial charge in [-0.05, 0) is 66.5 Å². The fourth-order valence-electron chi connectivity index (χ4n) is 3.34. The van der Waals surface area contributed by atoms with E-state index in [0.29, 0.717) is 24.4 Å². The average molecular weight is 506 g/mol. The molecule has 0 aliphatic carbocycles. The molecule has 2 aromatic carbocycles. The molecule has 2 aromatic rings. The summed E-state index contributed by atoms with van der Waals surface area (Å²) in [4.78, 5) is 29.2. The van der Waals surface area contributed by atoms with Crippen molar-refractivity contribution in [2.24, 2.45) is 0 Å². The molecule has 3 rings (SSSR count). The maximum atomic E-state index is 12.9. The number of carbonyl (C=O) groups is 2. The summed E-state index contributed by atoms with van der Waals surface area (Å²) in [6.07, 6.45) is 0. The van der Waals surface area contributed by atoms with Crippen molar-refractivity contribution in [3.05, 3.63) is 68.8 Å². The Kier molecular flexibility index (Phi) is 6.59. The van der Waals surface area contributed by atoms with Gasteiger partial charge in [-0.1, -0.05) is 24.3 Å². The fourth-order valence-corrected chi connectivity index (χ4v) is 3.70. The Morgan fingerprint density at radius 1 is 1.17 bits per heavy atom. The zero-order chi connectivity index (χ0) is 21.1. The van der Waals surface area contributed by atoms with Crippen molar-refractivity contribution in [2.75, 3.05) is 34.3 Å². The summed E-state index contributed by atoms with van der Waals surface area (Å²) >= 11 is 2.20. The summed E-state index contributed by atoms with van der Waals surface area (Å²) in [7, 11) is 5.35. The zero-order valence-electron chi connectivity index (χ0n) is 16.6. The van der Waals surface area contributed by atoms with Crippen molar-refractivity contribution in [3.8, 4) is 5.75 Å². The van der Waals surface area contributed by atoms with E-state index in [0.717, 1.165) is 9.13 Å². The summed E-state index contributed by atoms with van der Waals surface area (Å²) in [6, 6.07) is 13.8. The SMILES string of the molecule is COc1cccc(/C(O)=C2\C(=O)C(=O)N(CCN(C)C)C2c2ccc(I)cc2)c1. The molecule has 1 atom stereocenters. The molecule has 1 N–H and O–H groups in total. The highest BCUT2D eigenvalue weighted by molar-refractivity contribution is 14.1. The lowest BCUT2D eigenvalue weighted by atomic mass is 9.95. The number of amides is 1. The first-order chi connectivity index (χ1) is 13.8. The second-order valence-electron chi connectivity index (χ2n) is 7.08. The number of hydrogen-bond donors (Lipinski definition) is 1. The number of ether oxygens (including phenoxy) is 1. The standard InChI is InChI=1S/C22H23IN2O4/c1-24(2)11-12-25-19(14-7-9-16(23)10-8-14)18(21(27)22(25)28)20(26)15-5-4-6-17(13-15)29-3/h4-10,13,19,26H,11-12H2,1-3H3/b20-18+. The normalized spacial score (nSPS) is 18.5. The Balaban J connectivity index is 2.14. The summed E-state index contributed by atoms with van der Waals surface area (Å²) in [5.41, 5.74) is 1.32. The molecule has 1 heterocycles. The van der Waals surface area contributed by atoms with Crippen molar-refractivity contribution >= 4 is 40.0 Å². The number of hydrogen-bond acceptors (Lipinski definition) is 5. The Labute approximate surface area is 183 Å². The minimum atomic E-state index is -0.673. The van der Waals surface area contributed by atoms with Gasteiger partial charge in [-0.15, -0.1) is 0 Å². The number of aliphatic hydroxyl groups excluding tert-OH is 1. The fraction of sp³-hybridized carbons (Fsp3) is 0.273. The minimum Gasteiger partial charge on any atom is -0.507 e. The molecule has 1 unspecified atom stereocenters. The van der Waals surface area contributed by atoms with Gasteiger partial charge in [0.1, 0.15) is 11.5 Å². The van der Waals surface area contributed by atoms with E-state index >= 15 is 0 Å². The molecule has 1 aliphatic rings. The second kappa shape index (κ2) is 8.96. The van der Waals surface area contributed by atoms with Gasteiger partial charge in [0.2, 0.25) is 0 Å². The van der Waals surface area contributed by atoms with E-state index < -0.39 is 17.7 Å². The van der Waals surface area contributed by atoms with Gasteiger partial charge in [-0.3, -0.25) is 9.59 Å². The maximum absolute atomic E-state index is 12.9. The lowest BCUT2D eigenvalue weighted by Gasteiger charge is -2.26. The number of nitrogens with zero attached hydrogens (tertiary/aromatic N) is 2. The van der Waals surface area contributed by atoms with Gasteiger partial charge in [-0.25, -0.2) is 0 Å². The number of rotatable bonds is 6. The van der Waals surface area contributed by atoms with Crippen molar-refractivity contribution in [1.29, 1.82) is 0 Å². The first-order valence-corrected chi connectivity index (χ1v) is 10.2. The summed E-state index contributed by atoms with van der Waals surface area (Å²) < 4.78 is 6.27. The average Bonchev–Trinajstić information content (AvgIpc) is 2.97. The van der Waals surface area contributed by atoms with Crippen LogP contribution in [-0.2, 0) is 9.59 Å². The molecular weight excluding hydrogens is 483 g/mol. The number of halogens is 1. The smallest absolute Gasteiger partial charge is 0.295 e. The van der Waals surface area contributed by atoms with E-state index in [4.69, 9.17) is 4.74 Å². The largest absolute Gasteiger partial charge is 0.507 e. The predicted molar refractivity (Wildman–Crippen MR) is 120 cm³/mol. The molecule has 1 fully saturated rings. The van der Waals surface area contributed by atoms with Gasteiger partial charge in [0, 0.05) is 22.2 Å². The van der Waals surface area contributed by atoms with Crippen LogP contribution in [0.2, 0.25) is 0 Å². The number of Topliss-reactive ketones (excluding diaryl/α,β-unsaturated/α-hetero) is 1. The van der Waals surface area contributed by atoms with Crippen molar-refractivity contribution in [1.82, 2.24) is 9.80 Å². The third-order valence-electron chi connectivity index (χ3n) is 4.86. The molecule has 0 spiro atoms. The van der Waals surface area contributed by atoms with Gasteiger partial charge < -0.3 is 19.6 Å². The third-order valence-corrected chi connectivity index (χ3v) is 5.58. The molecule has 6 nitrogen and oxygen atoms in total.